The molecule has 1 N–H and O–H groups in total. The average Bonchev–Trinajstić information content (AvgIpc) is 2.55. The van der Waals surface area contributed by atoms with E-state index < -0.39 is 0 Å². The molecule has 0 aromatic heterocycles. The quantitative estimate of drug-likeness (QED) is 0.912. The minimum Gasteiger partial charge on any atom is -0.497 e. The van der Waals surface area contributed by atoms with Crippen LogP contribution in [0.15, 0.2) is 42.5 Å². The van der Waals surface area contributed by atoms with Gasteiger partial charge in [-0.3, -0.25) is 0 Å². The largest absolute Gasteiger partial charge is 0.497 e. The van der Waals surface area contributed by atoms with Crippen molar-refractivity contribution in [2.45, 2.75) is 25.3 Å². The van der Waals surface area contributed by atoms with Crippen LogP contribution in [0.3, 0.4) is 0 Å². The molecule has 2 aromatic carbocycles. The summed E-state index contributed by atoms with van der Waals surface area (Å²) in [7, 11) is 3.35. The molecule has 0 aliphatic heterocycles. The Morgan fingerprint density at radius 3 is 2.43 bits per heavy atom. The highest BCUT2D eigenvalue weighted by molar-refractivity contribution is 5.55. The van der Waals surface area contributed by atoms with Crippen molar-refractivity contribution in [3.05, 3.63) is 53.6 Å². The summed E-state index contributed by atoms with van der Waals surface area (Å²) in [6.45, 7) is 0. The summed E-state index contributed by atoms with van der Waals surface area (Å²) in [6, 6.07) is 15.0. The zero-order valence-electron chi connectivity index (χ0n) is 12.6. The van der Waals surface area contributed by atoms with Gasteiger partial charge in [0.15, 0.2) is 0 Å². The van der Waals surface area contributed by atoms with Crippen LogP contribution >= 0.6 is 0 Å². The van der Waals surface area contributed by atoms with Gasteiger partial charge < -0.3 is 14.8 Å². The van der Waals surface area contributed by atoms with E-state index in [1.165, 1.54) is 24.0 Å². The lowest BCUT2D eigenvalue weighted by atomic mass is 9.87. The van der Waals surface area contributed by atoms with Crippen LogP contribution in [-0.2, 0) is 6.42 Å². The van der Waals surface area contributed by atoms with Gasteiger partial charge in [0.1, 0.15) is 11.5 Å². The third kappa shape index (κ3) is 2.97. The fraction of sp³-hybridized carbons (Fsp3) is 0.333. The number of benzene rings is 2. The SMILES string of the molecule is COc1cc(NC2CCCc3ccccc32)cc(OC)c1. The predicted molar refractivity (Wildman–Crippen MR) is 85.3 cm³/mol. The zero-order chi connectivity index (χ0) is 14.7. The van der Waals surface area contributed by atoms with E-state index in [1.54, 1.807) is 14.2 Å². The van der Waals surface area contributed by atoms with Gasteiger partial charge in [-0.25, -0.2) is 0 Å². The lowest BCUT2D eigenvalue weighted by molar-refractivity contribution is 0.394. The van der Waals surface area contributed by atoms with Gasteiger partial charge in [0.2, 0.25) is 0 Å². The highest BCUT2D eigenvalue weighted by atomic mass is 16.5. The third-order valence-electron chi connectivity index (χ3n) is 4.06. The summed E-state index contributed by atoms with van der Waals surface area (Å²) < 4.78 is 10.7. The van der Waals surface area contributed by atoms with Crippen molar-refractivity contribution in [1.29, 1.82) is 0 Å². The molecule has 0 heterocycles. The molecule has 0 saturated carbocycles. The van der Waals surface area contributed by atoms with Crippen molar-refractivity contribution < 1.29 is 9.47 Å². The van der Waals surface area contributed by atoms with Crippen LogP contribution in [0, 0.1) is 0 Å². The van der Waals surface area contributed by atoms with Crippen molar-refractivity contribution in [1.82, 2.24) is 0 Å². The third-order valence-corrected chi connectivity index (χ3v) is 4.06. The smallest absolute Gasteiger partial charge is 0.124 e. The Kier molecular flexibility index (Phi) is 4.00. The Morgan fingerprint density at radius 2 is 1.71 bits per heavy atom. The van der Waals surface area contributed by atoms with Crippen LogP contribution in [0.25, 0.3) is 0 Å². The Bertz CT molecular complexity index is 602. The van der Waals surface area contributed by atoms with Gasteiger partial charge in [0.05, 0.1) is 20.3 Å². The fourth-order valence-electron chi connectivity index (χ4n) is 3.00. The summed E-state index contributed by atoms with van der Waals surface area (Å²) in [5, 5.41) is 3.63. The number of rotatable bonds is 4. The molecule has 0 amide bonds. The van der Waals surface area contributed by atoms with E-state index in [4.69, 9.17) is 9.47 Å². The van der Waals surface area contributed by atoms with Crippen molar-refractivity contribution in [2.75, 3.05) is 19.5 Å². The second kappa shape index (κ2) is 6.08. The van der Waals surface area contributed by atoms with E-state index in [1.807, 2.05) is 18.2 Å². The second-order valence-corrected chi connectivity index (χ2v) is 5.39. The number of fused-ring (bicyclic) bond motifs is 1. The van der Waals surface area contributed by atoms with Crippen LogP contribution in [0.2, 0.25) is 0 Å². The monoisotopic (exact) mass is 283 g/mol. The summed E-state index contributed by atoms with van der Waals surface area (Å²) in [6.07, 6.45) is 3.54. The first-order valence-corrected chi connectivity index (χ1v) is 7.37. The number of methoxy groups -OCH3 is 2. The van der Waals surface area contributed by atoms with Gasteiger partial charge in [-0.1, -0.05) is 24.3 Å². The molecule has 21 heavy (non-hydrogen) atoms. The van der Waals surface area contributed by atoms with Gasteiger partial charge in [-0.15, -0.1) is 0 Å². The van der Waals surface area contributed by atoms with Crippen LogP contribution in [0.4, 0.5) is 5.69 Å². The lowest BCUT2D eigenvalue weighted by Gasteiger charge is -2.27. The van der Waals surface area contributed by atoms with E-state index in [2.05, 4.69) is 29.6 Å². The Balaban J connectivity index is 1.87. The van der Waals surface area contributed by atoms with E-state index in [0.717, 1.165) is 23.6 Å². The lowest BCUT2D eigenvalue weighted by Crippen LogP contribution is -2.17. The van der Waals surface area contributed by atoms with E-state index >= 15 is 0 Å². The molecule has 1 unspecified atom stereocenters. The van der Waals surface area contributed by atoms with Crippen molar-refractivity contribution in [2.24, 2.45) is 0 Å². The molecule has 1 aliphatic rings. The molecule has 2 aromatic rings. The van der Waals surface area contributed by atoms with Crippen LogP contribution in [0.1, 0.15) is 30.0 Å². The highest BCUT2D eigenvalue weighted by Crippen LogP contribution is 2.34. The number of anilines is 1. The maximum Gasteiger partial charge on any atom is 0.124 e. The van der Waals surface area contributed by atoms with Crippen molar-refractivity contribution >= 4 is 5.69 Å². The predicted octanol–water partition coefficient (Wildman–Crippen LogP) is 4.19. The van der Waals surface area contributed by atoms with Crippen LogP contribution in [0.5, 0.6) is 11.5 Å². The summed E-state index contributed by atoms with van der Waals surface area (Å²) in [4.78, 5) is 0. The molecule has 0 bridgehead atoms. The Labute approximate surface area is 125 Å². The standard InChI is InChI=1S/C18H21NO2/c1-20-15-10-14(11-16(12-15)21-2)19-18-9-5-7-13-6-3-4-8-17(13)18/h3-4,6,8,10-12,18-19H,5,7,9H2,1-2H3. The highest BCUT2D eigenvalue weighted by Gasteiger charge is 2.19. The summed E-state index contributed by atoms with van der Waals surface area (Å²) >= 11 is 0. The molecule has 0 radical (unpaired) electrons. The Hall–Kier alpha value is -2.16. The van der Waals surface area contributed by atoms with Gasteiger partial charge in [0, 0.05) is 23.9 Å². The Morgan fingerprint density at radius 1 is 1.00 bits per heavy atom. The van der Waals surface area contributed by atoms with Gasteiger partial charge in [-0.2, -0.15) is 0 Å². The van der Waals surface area contributed by atoms with Gasteiger partial charge in [-0.05, 0) is 30.4 Å². The molecule has 0 fully saturated rings. The summed E-state index contributed by atoms with van der Waals surface area (Å²) in [5.74, 6) is 1.61. The minimum atomic E-state index is 0.353. The molecule has 0 saturated heterocycles. The molecular weight excluding hydrogens is 262 g/mol. The molecular formula is C18H21NO2. The summed E-state index contributed by atoms with van der Waals surface area (Å²) in [5.41, 5.74) is 3.90. The van der Waals surface area contributed by atoms with E-state index in [-0.39, 0.29) is 0 Å². The maximum absolute atomic E-state index is 5.34. The first-order chi connectivity index (χ1) is 10.3. The van der Waals surface area contributed by atoms with E-state index in [9.17, 15) is 0 Å². The van der Waals surface area contributed by atoms with Crippen molar-refractivity contribution in [3.63, 3.8) is 0 Å². The molecule has 1 aliphatic carbocycles. The van der Waals surface area contributed by atoms with Crippen LogP contribution in [-0.4, -0.2) is 14.2 Å². The molecule has 1 atom stereocenters. The zero-order valence-corrected chi connectivity index (χ0v) is 12.6. The average molecular weight is 283 g/mol. The number of aryl methyl sites for hydroxylation is 1. The second-order valence-electron chi connectivity index (χ2n) is 5.39. The van der Waals surface area contributed by atoms with Gasteiger partial charge in [0.25, 0.3) is 0 Å². The minimum absolute atomic E-state index is 0.353. The molecule has 3 heteroatoms. The van der Waals surface area contributed by atoms with Gasteiger partial charge >= 0.3 is 0 Å². The molecule has 3 rings (SSSR count). The number of ether oxygens (including phenoxy) is 2. The first-order valence-electron chi connectivity index (χ1n) is 7.37. The van der Waals surface area contributed by atoms with Crippen LogP contribution < -0.4 is 14.8 Å². The van der Waals surface area contributed by atoms with E-state index in [0.29, 0.717) is 6.04 Å². The molecule has 110 valence electrons. The number of hydrogen-bond donors (Lipinski definition) is 1. The van der Waals surface area contributed by atoms with Crippen molar-refractivity contribution in [3.8, 4) is 11.5 Å². The normalized spacial score (nSPS) is 17.0. The number of hydrogen-bond acceptors (Lipinski definition) is 3. The number of nitrogens with one attached hydrogen (secondary N) is 1. The topological polar surface area (TPSA) is 30.5 Å². The molecule has 0 spiro atoms. The maximum atomic E-state index is 5.34. The fourth-order valence-corrected chi connectivity index (χ4v) is 3.00. The molecule has 3 nitrogen and oxygen atoms in total. The first kappa shape index (κ1) is 13.8.